The minimum absolute atomic E-state index is 0.196. The molecule has 2 rings (SSSR count). The van der Waals surface area contributed by atoms with E-state index < -0.39 is 6.10 Å². The van der Waals surface area contributed by atoms with Crippen LogP contribution in [-0.2, 0) is 0 Å². The molecule has 1 unspecified atom stereocenters. The third kappa shape index (κ3) is 1.68. The van der Waals surface area contributed by atoms with Gasteiger partial charge in [-0.15, -0.1) is 11.3 Å². The Hall–Kier alpha value is -0.480. The molecule has 0 aliphatic heterocycles. The van der Waals surface area contributed by atoms with Crippen LogP contribution in [0.15, 0.2) is 28.2 Å². The van der Waals surface area contributed by atoms with Crippen molar-refractivity contribution in [2.45, 2.75) is 6.10 Å². The second-order valence-corrected chi connectivity index (χ2v) is 4.38. The van der Waals surface area contributed by atoms with E-state index in [4.69, 9.17) is 27.6 Å². The zero-order chi connectivity index (χ0) is 10.1. The molecular weight excluding hydrogens is 243 g/mol. The van der Waals surface area contributed by atoms with Crippen molar-refractivity contribution in [3.05, 3.63) is 44.5 Å². The summed E-state index contributed by atoms with van der Waals surface area (Å²) >= 11 is 13.0. The van der Waals surface area contributed by atoms with E-state index in [2.05, 4.69) is 0 Å². The third-order valence-electron chi connectivity index (χ3n) is 1.83. The van der Waals surface area contributed by atoms with Gasteiger partial charge in [0.2, 0.25) is 0 Å². The molecule has 0 bridgehead atoms. The maximum Gasteiger partial charge on any atom is 0.199 e. The fourth-order valence-electron chi connectivity index (χ4n) is 1.14. The first-order valence-corrected chi connectivity index (χ1v) is 5.47. The Balaban J connectivity index is 2.38. The van der Waals surface area contributed by atoms with Crippen LogP contribution in [0.4, 0.5) is 0 Å². The molecule has 2 heterocycles. The molecule has 1 atom stereocenters. The van der Waals surface area contributed by atoms with Crippen LogP contribution in [0.3, 0.4) is 0 Å². The van der Waals surface area contributed by atoms with E-state index in [1.54, 1.807) is 12.1 Å². The second kappa shape index (κ2) is 3.95. The van der Waals surface area contributed by atoms with E-state index in [9.17, 15) is 5.11 Å². The van der Waals surface area contributed by atoms with Gasteiger partial charge in [0.25, 0.3) is 0 Å². The summed E-state index contributed by atoms with van der Waals surface area (Å²) in [5, 5.41) is 12.5. The average molecular weight is 249 g/mol. The zero-order valence-corrected chi connectivity index (χ0v) is 9.23. The SMILES string of the molecule is OC(c1ccoc1Cl)c1sccc1Cl. The minimum atomic E-state index is -0.811. The van der Waals surface area contributed by atoms with E-state index in [-0.39, 0.29) is 5.22 Å². The van der Waals surface area contributed by atoms with Gasteiger partial charge < -0.3 is 9.52 Å². The van der Waals surface area contributed by atoms with Crippen molar-refractivity contribution >= 4 is 34.5 Å². The molecule has 0 aliphatic carbocycles. The molecule has 1 N–H and O–H groups in total. The molecule has 2 nitrogen and oxygen atoms in total. The summed E-state index contributed by atoms with van der Waals surface area (Å²) in [5.74, 6) is 0. The second-order valence-electron chi connectivity index (χ2n) is 2.68. The summed E-state index contributed by atoms with van der Waals surface area (Å²) in [7, 11) is 0. The Bertz CT molecular complexity index is 395. The molecule has 5 heteroatoms. The molecule has 2 aromatic heterocycles. The van der Waals surface area contributed by atoms with Gasteiger partial charge in [0.15, 0.2) is 5.22 Å². The van der Waals surface area contributed by atoms with E-state index in [1.807, 2.05) is 5.38 Å². The Morgan fingerprint density at radius 1 is 1.36 bits per heavy atom. The summed E-state index contributed by atoms with van der Waals surface area (Å²) in [6, 6.07) is 3.36. The molecule has 0 aliphatic rings. The number of halogens is 2. The number of thiophene rings is 1. The van der Waals surface area contributed by atoms with Crippen molar-refractivity contribution in [1.82, 2.24) is 0 Å². The quantitative estimate of drug-likeness (QED) is 0.879. The summed E-state index contributed by atoms with van der Waals surface area (Å²) in [6.07, 6.45) is 0.622. The fraction of sp³-hybridized carbons (Fsp3) is 0.111. The first kappa shape index (κ1) is 10.1. The van der Waals surface area contributed by atoms with Crippen molar-refractivity contribution in [3.63, 3.8) is 0 Å². The lowest BCUT2D eigenvalue weighted by molar-refractivity contribution is 0.223. The highest BCUT2D eigenvalue weighted by Crippen LogP contribution is 2.35. The van der Waals surface area contributed by atoms with Gasteiger partial charge >= 0.3 is 0 Å². The van der Waals surface area contributed by atoms with Crippen molar-refractivity contribution in [3.8, 4) is 0 Å². The van der Waals surface area contributed by atoms with E-state index >= 15 is 0 Å². The lowest BCUT2D eigenvalue weighted by Gasteiger charge is -2.06. The molecule has 0 saturated carbocycles. The standard InChI is InChI=1S/C9H6Cl2O2S/c10-6-2-4-14-8(6)7(12)5-1-3-13-9(5)11/h1-4,7,12H. The first-order valence-electron chi connectivity index (χ1n) is 3.84. The number of aliphatic hydroxyl groups is 1. The van der Waals surface area contributed by atoms with E-state index in [0.717, 1.165) is 0 Å². The monoisotopic (exact) mass is 248 g/mol. The first-order chi connectivity index (χ1) is 6.70. The van der Waals surface area contributed by atoms with Gasteiger partial charge in [-0.25, -0.2) is 0 Å². The van der Waals surface area contributed by atoms with Crippen LogP contribution in [0.5, 0.6) is 0 Å². The maximum absolute atomic E-state index is 9.91. The van der Waals surface area contributed by atoms with Crippen LogP contribution < -0.4 is 0 Å². The summed E-state index contributed by atoms with van der Waals surface area (Å²) < 4.78 is 4.89. The highest BCUT2D eigenvalue weighted by Gasteiger charge is 2.19. The van der Waals surface area contributed by atoms with Crippen molar-refractivity contribution in [2.75, 3.05) is 0 Å². The fourth-order valence-corrected chi connectivity index (χ4v) is 2.52. The molecule has 74 valence electrons. The van der Waals surface area contributed by atoms with Gasteiger partial charge in [-0.05, 0) is 29.1 Å². The zero-order valence-electron chi connectivity index (χ0n) is 6.91. The van der Waals surface area contributed by atoms with Gasteiger partial charge in [-0.1, -0.05) is 11.6 Å². The van der Waals surface area contributed by atoms with E-state index in [0.29, 0.717) is 15.5 Å². The highest BCUT2D eigenvalue weighted by molar-refractivity contribution is 7.10. The third-order valence-corrected chi connectivity index (χ3v) is 3.55. The van der Waals surface area contributed by atoms with Crippen molar-refractivity contribution in [1.29, 1.82) is 0 Å². The molecule has 0 amide bonds. The predicted molar refractivity (Wildman–Crippen MR) is 57.1 cm³/mol. The minimum Gasteiger partial charge on any atom is -0.453 e. The number of hydrogen-bond donors (Lipinski definition) is 1. The van der Waals surface area contributed by atoms with Crippen LogP contribution in [0.25, 0.3) is 0 Å². The van der Waals surface area contributed by atoms with Crippen molar-refractivity contribution in [2.24, 2.45) is 0 Å². The van der Waals surface area contributed by atoms with Gasteiger partial charge in [-0.2, -0.15) is 0 Å². The molecule has 0 aromatic carbocycles. The smallest absolute Gasteiger partial charge is 0.199 e. The van der Waals surface area contributed by atoms with Crippen LogP contribution >= 0.6 is 34.5 Å². The van der Waals surface area contributed by atoms with Gasteiger partial charge in [0, 0.05) is 5.56 Å². The Kier molecular flexibility index (Phi) is 2.83. The average Bonchev–Trinajstić information content (AvgIpc) is 2.73. The largest absolute Gasteiger partial charge is 0.453 e. The number of rotatable bonds is 2. The molecule has 0 radical (unpaired) electrons. The van der Waals surface area contributed by atoms with Gasteiger partial charge in [0.05, 0.1) is 16.2 Å². The predicted octanol–water partition coefficient (Wildman–Crippen LogP) is 3.73. The molecule has 0 saturated heterocycles. The topological polar surface area (TPSA) is 33.4 Å². The summed E-state index contributed by atoms with van der Waals surface area (Å²) in [6.45, 7) is 0. The summed E-state index contributed by atoms with van der Waals surface area (Å²) in [5.41, 5.74) is 0.538. The molecule has 0 spiro atoms. The Morgan fingerprint density at radius 3 is 2.64 bits per heavy atom. The highest BCUT2D eigenvalue weighted by atomic mass is 35.5. The number of furan rings is 1. The maximum atomic E-state index is 9.91. The lowest BCUT2D eigenvalue weighted by Crippen LogP contribution is -1.96. The normalized spacial score (nSPS) is 13.1. The number of hydrogen-bond acceptors (Lipinski definition) is 3. The van der Waals surface area contributed by atoms with Crippen LogP contribution in [0, 0.1) is 0 Å². The van der Waals surface area contributed by atoms with Crippen molar-refractivity contribution < 1.29 is 9.52 Å². The van der Waals surface area contributed by atoms with E-state index in [1.165, 1.54) is 17.6 Å². The molecule has 14 heavy (non-hydrogen) atoms. The number of aliphatic hydroxyl groups excluding tert-OH is 1. The van der Waals surface area contributed by atoms with Crippen LogP contribution in [0.2, 0.25) is 10.2 Å². The lowest BCUT2D eigenvalue weighted by atomic mass is 10.1. The van der Waals surface area contributed by atoms with Crippen LogP contribution in [-0.4, -0.2) is 5.11 Å². The molecule has 0 fully saturated rings. The summed E-state index contributed by atoms with van der Waals surface area (Å²) in [4.78, 5) is 0.676. The Morgan fingerprint density at radius 2 is 2.14 bits per heavy atom. The molecule has 2 aromatic rings. The van der Waals surface area contributed by atoms with Crippen LogP contribution in [0.1, 0.15) is 16.5 Å². The van der Waals surface area contributed by atoms with Gasteiger partial charge in [0.1, 0.15) is 6.10 Å². The van der Waals surface area contributed by atoms with Gasteiger partial charge in [-0.3, -0.25) is 0 Å². The molecular formula is C9H6Cl2O2S. The Labute approximate surface area is 94.7 Å².